The zero-order chi connectivity index (χ0) is 27.7. The number of hydrogen-bond acceptors (Lipinski definition) is 7. The van der Waals surface area contributed by atoms with E-state index in [1.807, 2.05) is 6.92 Å². The summed E-state index contributed by atoms with van der Waals surface area (Å²) in [4.78, 5) is 51.0. The highest BCUT2D eigenvalue weighted by Gasteiger charge is 2.50. The molecule has 1 aromatic heterocycles. The SMILES string of the molecule is C=C/C=N\c1c(Nc2cc(C)c3c(cc2=O)CC2(CCCCC2)N(C(=O)OC(C)(C)C)C3=O)ccnc1C. The molecular formula is C30H36N4O4. The molecule has 0 atom stereocenters. The van der Waals surface area contributed by atoms with Crippen molar-refractivity contribution in [2.75, 3.05) is 5.32 Å². The summed E-state index contributed by atoms with van der Waals surface area (Å²) in [7, 11) is 0. The predicted octanol–water partition coefficient (Wildman–Crippen LogP) is 6.33. The maximum atomic E-state index is 14.0. The van der Waals surface area contributed by atoms with E-state index in [9.17, 15) is 14.4 Å². The fourth-order valence-corrected chi connectivity index (χ4v) is 5.51. The van der Waals surface area contributed by atoms with Gasteiger partial charge in [-0.1, -0.05) is 31.9 Å². The molecule has 1 aliphatic carbocycles. The molecule has 2 aliphatic rings. The van der Waals surface area contributed by atoms with Crippen molar-refractivity contribution in [3.63, 3.8) is 0 Å². The molecule has 2 heterocycles. The van der Waals surface area contributed by atoms with Crippen LogP contribution in [0, 0.1) is 13.8 Å². The summed E-state index contributed by atoms with van der Waals surface area (Å²) >= 11 is 0. The molecule has 0 radical (unpaired) electrons. The van der Waals surface area contributed by atoms with Crippen molar-refractivity contribution >= 4 is 35.3 Å². The van der Waals surface area contributed by atoms with Gasteiger partial charge in [-0.3, -0.25) is 19.6 Å². The molecule has 1 aliphatic heterocycles. The van der Waals surface area contributed by atoms with Crippen LogP contribution in [0.4, 0.5) is 21.9 Å². The standard InChI is InChI=1S/C30H36N4O4/c1-7-14-32-26-20(3)31-15-11-22(26)33-23-16-19(2)25-21(17-24(23)35)18-30(12-9-8-10-13-30)34(27(25)36)28(37)38-29(4,5)6/h7,11,14-17H,1,8-10,12-13,18H2,2-6H3,(H,31,33,35)/b32-14-. The number of allylic oxidation sites excluding steroid dienone is 1. The third-order valence-corrected chi connectivity index (χ3v) is 7.10. The van der Waals surface area contributed by atoms with Gasteiger partial charge in [0.15, 0.2) is 0 Å². The maximum absolute atomic E-state index is 14.0. The Labute approximate surface area is 223 Å². The smallest absolute Gasteiger partial charge is 0.417 e. The van der Waals surface area contributed by atoms with Crippen molar-refractivity contribution in [2.24, 2.45) is 4.99 Å². The zero-order valence-electron chi connectivity index (χ0n) is 22.9. The summed E-state index contributed by atoms with van der Waals surface area (Å²) in [6.45, 7) is 12.7. The molecule has 1 aromatic carbocycles. The molecule has 4 rings (SSSR count). The van der Waals surface area contributed by atoms with Gasteiger partial charge in [0, 0.05) is 18.0 Å². The van der Waals surface area contributed by atoms with Crippen LogP contribution < -0.4 is 10.7 Å². The number of pyridine rings is 1. The first-order valence-corrected chi connectivity index (χ1v) is 13.1. The predicted molar refractivity (Wildman–Crippen MR) is 150 cm³/mol. The summed E-state index contributed by atoms with van der Waals surface area (Å²) in [5.41, 5.74) is 2.19. The summed E-state index contributed by atoms with van der Waals surface area (Å²) in [6.07, 6.45) is 8.83. The normalized spacial score (nSPS) is 16.9. The van der Waals surface area contributed by atoms with Gasteiger partial charge in [0.25, 0.3) is 5.91 Å². The van der Waals surface area contributed by atoms with Crippen LogP contribution in [0.2, 0.25) is 0 Å². The van der Waals surface area contributed by atoms with Crippen molar-refractivity contribution < 1.29 is 14.3 Å². The molecule has 0 bridgehead atoms. The Morgan fingerprint density at radius 2 is 1.87 bits per heavy atom. The van der Waals surface area contributed by atoms with E-state index in [-0.39, 0.29) is 5.43 Å². The second-order valence-electron chi connectivity index (χ2n) is 11.2. The number of ether oxygens (including phenoxy) is 1. The van der Waals surface area contributed by atoms with Gasteiger partial charge in [0.05, 0.1) is 22.6 Å². The number of nitrogens with zero attached hydrogens (tertiary/aromatic N) is 3. The molecular weight excluding hydrogens is 480 g/mol. The van der Waals surface area contributed by atoms with E-state index in [1.54, 1.807) is 64.4 Å². The highest BCUT2D eigenvalue weighted by molar-refractivity contribution is 6.07. The third kappa shape index (κ3) is 5.39. The Morgan fingerprint density at radius 3 is 2.53 bits per heavy atom. The van der Waals surface area contributed by atoms with Crippen LogP contribution in [-0.4, -0.2) is 39.2 Å². The fourth-order valence-electron chi connectivity index (χ4n) is 5.51. The number of aromatic nitrogens is 1. The molecule has 1 spiro atoms. The molecule has 200 valence electrons. The minimum atomic E-state index is -0.738. The maximum Gasteiger partial charge on any atom is 0.417 e. The molecule has 2 amide bonds. The van der Waals surface area contributed by atoms with Crippen molar-refractivity contribution in [2.45, 2.75) is 84.3 Å². The first-order valence-electron chi connectivity index (χ1n) is 13.1. The molecule has 8 nitrogen and oxygen atoms in total. The summed E-state index contributed by atoms with van der Waals surface area (Å²) in [6, 6.07) is 4.96. The Hall–Kier alpha value is -3.81. The number of carbonyl (C=O) groups excluding carboxylic acids is 2. The monoisotopic (exact) mass is 516 g/mol. The minimum Gasteiger partial charge on any atom is -0.443 e. The largest absolute Gasteiger partial charge is 0.443 e. The number of nitrogens with one attached hydrogen (secondary N) is 1. The fraction of sp³-hybridized carbons (Fsp3) is 0.433. The van der Waals surface area contributed by atoms with Crippen LogP contribution in [0.25, 0.3) is 0 Å². The molecule has 1 saturated carbocycles. The molecule has 38 heavy (non-hydrogen) atoms. The molecule has 8 heteroatoms. The van der Waals surface area contributed by atoms with Crippen molar-refractivity contribution in [3.8, 4) is 0 Å². The zero-order valence-corrected chi connectivity index (χ0v) is 22.9. The first kappa shape index (κ1) is 27.2. The number of aryl methyl sites for hydroxylation is 2. The van der Waals surface area contributed by atoms with Gasteiger partial charge in [0.2, 0.25) is 5.43 Å². The van der Waals surface area contributed by atoms with Gasteiger partial charge < -0.3 is 10.1 Å². The number of rotatable bonds is 4. The molecule has 0 unspecified atom stereocenters. The topological polar surface area (TPSA) is 101 Å². The van der Waals surface area contributed by atoms with E-state index in [1.165, 1.54) is 4.90 Å². The van der Waals surface area contributed by atoms with Crippen molar-refractivity contribution in [1.29, 1.82) is 0 Å². The van der Waals surface area contributed by atoms with Crippen LogP contribution in [0.5, 0.6) is 0 Å². The highest BCUT2D eigenvalue weighted by atomic mass is 16.6. The van der Waals surface area contributed by atoms with Gasteiger partial charge in [-0.2, -0.15) is 0 Å². The number of fused-ring (bicyclic) bond motifs is 1. The van der Waals surface area contributed by atoms with Gasteiger partial charge >= 0.3 is 6.09 Å². The average molecular weight is 517 g/mol. The van der Waals surface area contributed by atoms with Crippen LogP contribution in [0.15, 0.2) is 46.8 Å². The number of carbonyl (C=O) groups is 2. The van der Waals surface area contributed by atoms with Crippen molar-refractivity contribution in [1.82, 2.24) is 9.88 Å². The van der Waals surface area contributed by atoms with E-state index in [4.69, 9.17) is 4.74 Å². The van der Waals surface area contributed by atoms with Gasteiger partial charge in [-0.15, -0.1) is 0 Å². The van der Waals surface area contributed by atoms with Gasteiger partial charge in [-0.05, 0) is 83.2 Å². The van der Waals surface area contributed by atoms with E-state index < -0.39 is 23.1 Å². The molecule has 0 saturated heterocycles. The van der Waals surface area contributed by atoms with Crippen LogP contribution >= 0.6 is 0 Å². The first-order chi connectivity index (χ1) is 18.0. The van der Waals surface area contributed by atoms with E-state index in [0.29, 0.717) is 58.7 Å². The molecule has 1 fully saturated rings. The quantitative estimate of drug-likeness (QED) is 0.477. The van der Waals surface area contributed by atoms with Crippen LogP contribution in [-0.2, 0) is 11.2 Å². The number of aliphatic imine (C=N–C) groups is 1. The number of amides is 2. The lowest BCUT2D eigenvalue weighted by molar-refractivity contribution is -0.0101. The molecule has 2 aromatic rings. The second-order valence-corrected chi connectivity index (χ2v) is 11.2. The average Bonchev–Trinajstić information content (AvgIpc) is 2.93. The second kappa shape index (κ2) is 10.5. The summed E-state index contributed by atoms with van der Waals surface area (Å²) in [5.74, 6) is -0.405. The lowest BCUT2D eigenvalue weighted by atomic mass is 9.73. The van der Waals surface area contributed by atoms with Gasteiger partial charge in [0.1, 0.15) is 11.3 Å². The lowest BCUT2D eigenvalue weighted by Gasteiger charge is -2.48. The highest BCUT2D eigenvalue weighted by Crippen LogP contribution is 2.42. The van der Waals surface area contributed by atoms with Crippen molar-refractivity contribution in [3.05, 3.63) is 69.7 Å². The van der Waals surface area contributed by atoms with E-state index in [2.05, 4.69) is 21.9 Å². The minimum absolute atomic E-state index is 0.244. The number of imide groups is 1. The Morgan fingerprint density at radius 1 is 1.16 bits per heavy atom. The summed E-state index contributed by atoms with van der Waals surface area (Å²) < 4.78 is 5.70. The third-order valence-electron chi connectivity index (χ3n) is 7.10. The Balaban J connectivity index is 1.83. The Kier molecular flexibility index (Phi) is 7.54. The van der Waals surface area contributed by atoms with E-state index in [0.717, 1.165) is 19.3 Å². The van der Waals surface area contributed by atoms with Gasteiger partial charge in [-0.25, -0.2) is 9.69 Å². The van der Waals surface area contributed by atoms with Crippen LogP contribution in [0.3, 0.4) is 0 Å². The Bertz CT molecular complexity index is 1370. The number of anilines is 2. The lowest BCUT2D eigenvalue weighted by Crippen LogP contribution is -2.60. The molecule has 1 N–H and O–H groups in total. The van der Waals surface area contributed by atoms with Crippen LogP contribution in [0.1, 0.15) is 80.1 Å². The van der Waals surface area contributed by atoms with E-state index >= 15 is 0 Å². The number of hydrogen-bond donors (Lipinski definition) is 1. The summed E-state index contributed by atoms with van der Waals surface area (Å²) in [5, 5.41) is 3.21.